The van der Waals surface area contributed by atoms with Crippen molar-refractivity contribution in [3.05, 3.63) is 100 Å². The van der Waals surface area contributed by atoms with Gasteiger partial charge in [-0.2, -0.15) is 0 Å². The lowest BCUT2D eigenvalue weighted by atomic mass is 10.0. The quantitative estimate of drug-likeness (QED) is 0.502. The van der Waals surface area contributed by atoms with Gasteiger partial charge in [0.15, 0.2) is 0 Å². The molecular formula is C26H23ClFN3O2. The Balaban J connectivity index is 1.63. The highest BCUT2D eigenvalue weighted by Gasteiger charge is 2.38. The first-order chi connectivity index (χ1) is 15.8. The smallest absolute Gasteiger partial charge is 0.278 e. The van der Waals surface area contributed by atoms with E-state index in [2.05, 4.69) is 5.32 Å². The molecule has 0 saturated heterocycles. The van der Waals surface area contributed by atoms with Gasteiger partial charge in [-0.15, -0.1) is 0 Å². The molecule has 3 aromatic rings. The number of carbonyl (C=O) groups excluding carboxylic acids is 2. The molecule has 3 aromatic carbocycles. The largest absolute Gasteiger partial charge is 0.378 e. The van der Waals surface area contributed by atoms with Crippen molar-refractivity contribution in [1.29, 1.82) is 0 Å². The number of anilines is 2. The van der Waals surface area contributed by atoms with Crippen LogP contribution >= 0.6 is 11.6 Å². The van der Waals surface area contributed by atoms with E-state index >= 15 is 0 Å². The number of carbonyl (C=O) groups is 2. The maximum Gasteiger partial charge on any atom is 0.278 e. The number of benzene rings is 3. The van der Waals surface area contributed by atoms with Gasteiger partial charge in [-0.05, 0) is 66.1 Å². The van der Waals surface area contributed by atoms with Gasteiger partial charge in [0.05, 0.1) is 5.57 Å². The molecular weight excluding hydrogens is 441 g/mol. The Morgan fingerprint density at radius 2 is 1.52 bits per heavy atom. The molecule has 1 aliphatic heterocycles. The Kier molecular flexibility index (Phi) is 6.47. The highest BCUT2D eigenvalue weighted by atomic mass is 35.5. The fourth-order valence-corrected chi connectivity index (χ4v) is 3.78. The molecule has 5 nitrogen and oxygen atoms in total. The minimum atomic E-state index is -0.399. The zero-order valence-corrected chi connectivity index (χ0v) is 19.1. The second-order valence-corrected chi connectivity index (χ2v) is 8.40. The summed E-state index contributed by atoms with van der Waals surface area (Å²) in [6.07, 6.45) is 0.427. The molecule has 0 radical (unpaired) electrons. The maximum absolute atomic E-state index is 13.3. The van der Waals surface area contributed by atoms with Crippen LogP contribution < -0.4 is 10.2 Å². The van der Waals surface area contributed by atoms with Gasteiger partial charge in [-0.25, -0.2) is 4.39 Å². The lowest BCUT2D eigenvalue weighted by Crippen LogP contribution is -2.34. The highest BCUT2D eigenvalue weighted by Crippen LogP contribution is 2.31. The van der Waals surface area contributed by atoms with E-state index in [4.69, 9.17) is 11.6 Å². The van der Waals surface area contributed by atoms with Gasteiger partial charge >= 0.3 is 0 Å². The SMILES string of the molecule is CN(C)c1ccc(NC2=C(c3ccc(Cl)cc3)C(=O)N(CCc3ccc(F)cc3)C2=O)cc1. The van der Waals surface area contributed by atoms with Crippen LogP contribution in [-0.2, 0) is 16.0 Å². The number of nitrogens with one attached hydrogen (secondary N) is 1. The molecule has 0 bridgehead atoms. The second-order valence-electron chi connectivity index (χ2n) is 7.96. The van der Waals surface area contributed by atoms with Crippen LogP contribution in [0.2, 0.25) is 5.02 Å². The van der Waals surface area contributed by atoms with Crippen molar-refractivity contribution in [2.24, 2.45) is 0 Å². The fourth-order valence-electron chi connectivity index (χ4n) is 3.66. The molecule has 33 heavy (non-hydrogen) atoms. The molecule has 0 fully saturated rings. The molecule has 7 heteroatoms. The molecule has 168 valence electrons. The minimum absolute atomic E-state index is 0.186. The van der Waals surface area contributed by atoms with Crippen LogP contribution in [0.5, 0.6) is 0 Å². The zero-order chi connectivity index (χ0) is 23.5. The number of imide groups is 1. The van der Waals surface area contributed by atoms with Crippen molar-refractivity contribution in [2.45, 2.75) is 6.42 Å². The topological polar surface area (TPSA) is 52.7 Å². The average molecular weight is 464 g/mol. The summed E-state index contributed by atoms with van der Waals surface area (Å²) in [4.78, 5) is 29.8. The second kappa shape index (κ2) is 9.46. The summed E-state index contributed by atoms with van der Waals surface area (Å²) in [5.41, 5.74) is 3.68. The summed E-state index contributed by atoms with van der Waals surface area (Å²) in [5.74, 6) is -1.11. The van der Waals surface area contributed by atoms with Gasteiger partial charge < -0.3 is 10.2 Å². The first-order valence-corrected chi connectivity index (χ1v) is 10.9. The lowest BCUT2D eigenvalue weighted by molar-refractivity contribution is -0.136. The van der Waals surface area contributed by atoms with E-state index in [-0.39, 0.29) is 24.0 Å². The maximum atomic E-state index is 13.3. The van der Waals surface area contributed by atoms with Crippen LogP contribution in [0.1, 0.15) is 11.1 Å². The van der Waals surface area contributed by atoms with E-state index in [9.17, 15) is 14.0 Å². The molecule has 1 aliphatic rings. The number of rotatable bonds is 7. The van der Waals surface area contributed by atoms with Crippen molar-refractivity contribution in [3.63, 3.8) is 0 Å². The molecule has 4 rings (SSSR count). The zero-order valence-electron chi connectivity index (χ0n) is 18.3. The number of hydrogen-bond acceptors (Lipinski definition) is 4. The summed E-state index contributed by atoms with van der Waals surface area (Å²) in [7, 11) is 3.89. The van der Waals surface area contributed by atoms with Gasteiger partial charge in [-0.1, -0.05) is 35.9 Å². The van der Waals surface area contributed by atoms with Crippen molar-refractivity contribution < 1.29 is 14.0 Å². The molecule has 0 saturated carbocycles. The van der Waals surface area contributed by atoms with Crippen LogP contribution in [0.3, 0.4) is 0 Å². The van der Waals surface area contributed by atoms with E-state index in [1.807, 2.05) is 43.3 Å². The van der Waals surface area contributed by atoms with Crippen LogP contribution in [-0.4, -0.2) is 37.4 Å². The third-order valence-electron chi connectivity index (χ3n) is 5.49. The Hall–Kier alpha value is -3.64. The number of nitrogens with zero attached hydrogens (tertiary/aromatic N) is 2. The lowest BCUT2D eigenvalue weighted by Gasteiger charge is -2.16. The summed E-state index contributed by atoms with van der Waals surface area (Å²) in [6, 6.07) is 20.4. The van der Waals surface area contributed by atoms with Crippen LogP contribution in [0, 0.1) is 5.82 Å². The van der Waals surface area contributed by atoms with Crippen molar-refractivity contribution in [3.8, 4) is 0 Å². The van der Waals surface area contributed by atoms with Crippen LogP contribution in [0.15, 0.2) is 78.5 Å². The molecule has 0 aliphatic carbocycles. The van der Waals surface area contributed by atoms with E-state index in [1.165, 1.54) is 17.0 Å². The van der Waals surface area contributed by atoms with Gasteiger partial charge in [0.1, 0.15) is 11.5 Å². The normalized spacial score (nSPS) is 13.6. The predicted octanol–water partition coefficient (Wildman–Crippen LogP) is 4.98. The van der Waals surface area contributed by atoms with Crippen molar-refractivity contribution in [2.75, 3.05) is 30.9 Å². The minimum Gasteiger partial charge on any atom is -0.378 e. The molecule has 0 spiro atoms. The van der Waals surface area contributed by atoms with E-state index in [0.717, 1.165) is 11.3 Å². The van der Waals surface area contributed by atoms with E-state index < -0.39 is 5.91 Å². The van der Waals surface area contributed by atoms with Crippen molar-refractivity contribution in [1.82, 2.24) is 4.90 Å². The van der Waals surface area contributed by atoms with Crippen LogP contribution in [0.4, 0.5) is 15.8 Å². The molecule has 0 aromatic heterocycles. The monoisotopic (exact) mass is 463 g/mol. The Labute approximate surface area is 197 Å². The molecule has 0 unspecified atom stereocenters. The number of halogens is 2. The first kappa shape index (κ1) is 22.6. The Bertz CT molecular complexity index is 1200. The number of hydrogen-bond donors (Lipinski definition) is 1. The predicted molar refractivity (Wildman–Crippen MR) is 130 cm³/mol. The molecule has 0 atom stereocenters. The summed E-state index contributed by atoms with van der Waals surface area (Å²) in [5, 5.41) is 3.69. The first-order valence-electron chi connectivity index (χ1n) is 10.5. The number of amides is 2. The Morgan fingerprint density at radius 3 is 2.12 bits per heavy atom. The Morgan fingerprint density at radius 1 is 0.879 bits per heavy atom. The van der Waals surface area contributed by atoms with E-state index in [0.29, 0.717) is 28.3 Å². The van der Waals surface area contributed by atoms with Crippen LogP contribution in [0.25, 0.3) is 5.57 Å². The van der Waals surface area contributed by atoms with E-state index in [1.54, 1.807) is 36.4 Å². The third-order valence-corrected chi connectivity index (χ3v) is 5.74. The van der Waals surface area contributed by atoms with Gasteiger partial charge in [0.25, 0.3) is 11.8 Å². The third kappa shape index (κ3) is 4.91. The summed E-state index contributed by atoms with van der Waals surface area (Å²) in [6.45, 7) is 0.186. The van der Waals surface area contributed by atoms with Gasteiger partial charge in [0.2, 0.25) is 0 Å². The van der Waals surface area contributed by atoms with Gasteiger partial charge in [-0.3, -0.25) is 14.5 Å². The molecule has 1 heterocycles. The highest BCUT2D eigenvalue weighted by molar-refractivity contribution is 6.36. The van der Waals surface area contributed by atoms with Crippen molar-refractivity contribution >= 4 is 40.4 Å². The summed E-state index contributed by atoms with van der Waals surface area (Å²) < 4.78 is 13.2. The average Bonchev–Trinajstić information content (AvgIpc) is 3.03. The standard InChI is InChI=1S/C26H23ClFN3O2/c1-30(2)22-13-11-21(12-14-22)29-24-23(18-5-7-19(27)8-6-18)25(32)31(26(24)33)16-15-17-3-9-20(28)10-4-17/h3-14,29H,15-16H2,1-2H3. The van der Waals surface area contributed by atoms with Gasteiger partial charge in [0, 0.05) is 37.0 Å². The molecule has 1 N–H and O–H groups in total. The summed E-state index contributed by atoms with van der Waals surface area (Å²) >= 11 is 6.02. The molecule has 2 amide bonds. The fraction of sp³-hybridized carbons (Fsp3) is 0.154.